The van der Waals surface area contributed by atoms with Gasteiger partial charge in [0.1, 0.15) is 6.10 Å². The molecule has 0 radical (unpaired) electrons. The third-order valence-corrected chi connectivity index (χ3v) is 2.86. The minimum absolute atomic E-state index is 0.434. The molecule has 4 N–H and O–H groups in total. The molecule has 98 valence electrons. The van der Waals surface area contributed by atoms with Crippen molar-refractivity contribution >= 4 is 5.91 Å². The number of carbonyl (C=O) groups excluding carboxylic acids is 1. The lowest BCUT2D eigenvalue weighted by atomic mass is 10.00. The zero-order valence-corrected chi connectivity index (χ0v) is 10.1. The maximum Gasteiger partial charge on any atom is 0.249 e. The number of nitrogens with two attached hydrogens (primary N) is 1. The molecule has 0 spiro atoms. The summed E-state index contributed by atoms with van der Waals surface area (Å²) < 4.78 is 0. The molecule has 0 aliphatic carbocycles. The molecule has 2 aromatic rings. The van der Waals surface area contributed by atoms with Crippen LogP contribution < -0.4 is 5.73 Å². The third kappa shape index (κ3) is 2.96. The van der Waals surface area contributed by atoms with Crippen LogP contribution in [0.4, 0.5) is 0 Å². The fraction of sp³-hybridized carbons (Fsp3) is 0.143. The molecule has 1 aromatic carbocycles. The summed E-state index contributed by atoms with van der Waals surface area (Å²) in [7, 11) is 0. The van der Waals surface area contributed by atoms with Crippen molar-refractivity contribution in [3.63, 3.8) is 0 Å². The Labute approximate surface area is 110 Å². The van der Waals surface area contributed by atoms with Crippen LogP contribution in [0, 0.1) is 0 Å². The Morgan fingerprint density at radius 2 is 1.53 bits per heavy atom. The van der Waals surface area contributed by atoms with Gasteiger partial charge >= 0.3 is 0 Å². The fourth-order valence-electron chi connectivity index (χ4n) is 1.75. The molecular formula is C14H14N2O3. The Morgan fingerprint density at radius 3 is 2.05 bits per heavy atom. The average Bonchev–Trinajstić information content (AvgIpc) is 2.46. The molecule has 1 heterocycles. The topological polar surface area (TPSA) is 96.4 Å². The van der Waals surface area contributed by atoms with Gasteiger partial charge in [0, 0.05) is 12.4 Å². The van der Waals surface area contributed by atoms with E-state index in [1.54, 1.807) is 36.7 Å². The fourth-order valence-corrected chi connectivity index (χ4v) is 1.75. The van der Waals surface area contributed by atoms with Gasteiger partial charge in [0.25, 0.3) is 0 Å². The smallest absolute Gasteiger partial charge is 0.249 e. The van der Waals surface area contributed by atoms with Crippen LogP contribution in [0.25, 0.3) is 11.1 Å². The summed E-state index contributed by atoms with van der Waals surface area (Å²) in [6, 6.07) is 10.6. The quantitative estimate of drug-likeness (QED) is 0.749. The van der Waals surface area contributed by atoms with E-state index in [-0.39, 0.29) is 0 Å². The largest absolute Gasteiger partial charge is 0.385 e. The van der Waals surface area contributed by atoms with E-state index in [0.717, 1.165) is 11.1 Å². The predicted molar refractivity (Wildman–Crippen MR) is 69.8 cm³/mol. The summed E-state index contributed by atoms with van der Waals surface area (Å²) in [5, 5.41) is 19.2. The van der Waals surface area contributed by atoms with Gasteiger partial charge in [-0.1, -0.05) is 24.3 Å². The van der Waals surface area contributed by atoms with E-state index in [1.807, 2.05) is 12.1 Å². The summed E-state index contributed by atoms with van der Waals surface area (Å²) in [4.78, 5) is 14.7. The second-order valence-electron chi connectivity index (χ2n) is 4.15. The lowest BCUT2D eigenvalue weighted by Gasteiger charge is -2.15. The number of amides is 1. The Morgan fingerprint density at radius 1 is 1.00 bits per heavy atom. The first kappa shape index (κ1) is 13.2. The second-order valence-corrected chi connectivity index (χ2v) is 4.15. The first-order valence-electron chi connectivity index (χ1n) is 5.75. The van der Waals surface area contributed by atoms with E-state index in [2.05, 4.69) is 4.98 Å². The van der Waals surface area contributed by atoms with Gasteiger partial charge in [-0.3, -0.25) is 9.78 Å². The minimum atomic E-state index is -1.60. The van der Waals surface area contributed by atoms with Crippen molar-refractivity contribution in [1.82, 2.24) is 4.98 Å². The highest BCUT2D eigenvalue weighted by Crippen LogP contribution is 2.22. The second kappa shape index (κ2) is 5.60. The molecule has 5 nitrogen and oxygen atoms in total. The number of hydrogen-bond acceptors (Lipinski definition) is 4. The van der Waals surface area contributed by atoms with Crippen molar-refractivity contribution in [2.24, 2.45) is 5.73 Å². The molecule has 0 aliphatic rings. The van der Waals surface area contributed by atoms with Crippen LogP contribution in [0.1, 0.15) is 11.7 Å². The van der Waals surface area contributed by atoms with Crippen LogP contribution in [0.15, 0.2) is 48.8 Å². The van der Waals surface area contributed by atoms with Crippen molar-refractivity contribution in [2.45, 2.75) is 12.2 Å². The monoisotopic (exact) mass is 258 g/mol. The number of rotatable bonds is 4. The molecule has 2 unspecified atom stereocenters. The van der Waals surface area contributed by atoms with Crippen LogP contribution >= 0.6 is 0 Å². The van der Waals surface area contributed by atoms with Gasteiger partial charge in [-0.2, -0.15) is 0 Å². The maximum absolute atomic E-state index is 10.8. The standard InChI is InChI=1S/C14H14N2O3/c15-14(19)13(18)12(17)11-3-1-9(2-4-11)10-5-7-16-8-6-10/h1-8,12-13,17-18H,(H2,15,19). The highest BCUT2D eigenvalue weighted by molar-refractivity contribution is 5.79. The van der Waals surface area contributed by atoms with Gasteiger partial charge in [0.15, 0.2) is 6.10 Å². The summed E-state index contributed by atoms with van der Waals surface area (Å²) in [5.74, 6) is -0.953. The number of nitrogens with zero attached hydrogens (tertiary/aromatic N) is 1. The van der Waals surface area contributed by atoms with E-state index in [9.17, 15) is 15.0 Å². The number of aliphatic hydroxyl groups is 2. The Hall–Kier alpha value is -2.24. The molecule has 5 heteroatoms. The van der Waals surface area contributed by atoms with Gasteiger partial charge in [-0.05, 0) is 28.8 Å². The minimum Gasteiger partial charge on any atom is -0.385 e. The Bertz CT molecular complexity index is 555. The summed E-state index contributed by atoms with van der Waals surface area (Å²) in [6.45, 7) is 0. The van der Waals surface area contributed by atoms with E-state index in [4.69, 9.17) is 5.73 Å². The molecule has 0 saturated heterocycles. The summed E-state index contributed by atoms with van der Waals surface area (Å²) in [5.41, 5.74) is 7.32. The summed E-state index contributed by atoms with van der Waals surface area (Å²) in [6.07, 6.45) is 0.458. The van der Waals surface area contributed by atoms with Crippen molar-refractivity contribution < 1.29 is 15.0 Å². The van der Waals surface area contributed by atoms with Gasteiger partial charge in [-0.25, -0.2) is 0 Å². The predicted octanol–water partition coefficient (Wildman–Crippen LogP) is 0.628. The highest BCUT2D eigenvalue weighted by Gasteiger charge is 2.23. The van der Waals surface area contributed by atoms with Crippen molar-refractivity contribution in [2.75, 3.05) is 0 Å². The molecule has 1 amide bonds. The lowest BCUT2D eigenvalue weighted by Crippen LogP contribution is -2.33. The van der Waals surface area contributed by atoms with Crippen LogP contribution in [0.3, 0.4) is 0 Å². The molecular weight excluding hydrogens is 244 g/mol. The van der Waals surface area contributed by atoms with Gasteiger partial charge in [0.2, 0.25) is 5.91 Å². The first-order valence-corrected chi connectivity index (χ1v) is 5.75. The molecule has 2 rings (SSSR count). The van der Waals surface area contributed by atoms with Crippen molar-refractivity contribution in [3.05, 3.63) is 54.4 Å². The number of pyridine rings is 1. The number of aliphatic hydroxyl groups excluding tert-OH is 2. The highest BCUT2D eigenvalue weighted by atomic mass is 16.3. The van der Waals surface area contributed by atoms with Crippen LogP contribution in [-0.4, -0.2) is 27.2 Å². The number of aromatic nitrogens is 1. The average molecular weight is 258 g/mol. The molecule has 19 heavy (non-hydrogen) atoms. The van der Waals surface area contributed by atoms with Gasteiger partial charge < -0.3 is 15.9 Å². The molecule has 0 fully saturated rings. The zero-order chi connectivity index (χ0) is 13.8. The van der Waals surface area contributed by atoms with E-state index < -0.39 is 18.1 Å². The van der Waals surface area contributed by atoms with Crippen molar-refractivity contribution in [1.29, 1.82) is 0 Å². The lowest BCUT2D eigenvalue weighted by molar-refractivity contribution is -0.131. The first-order chi connectivity index (χ1) is 9.09. The molecule has 0 aliphatic heterocycles. The van der Waals surface area contributed by atoms with Gasteiger partial charge in [-0.15, -0.1) is 0 Å². The zero-order valence-electron chi connectivity index (χ0n) is 10.1. The number of primary amides is 1. The van der Waals surface area contributed by atoms with Crippen LogP contribution in [0.5, 0.6) is 0 Å². The Balaban J connectivity index is 2.22. The number of benzene rings is 1. The Kier molecular flexibility index (Phi) is 3.89. The van der Waals surface area contributed by atoms with E-state index in [0.29, 0.717) is 5.56 Å². The SMILES string of the molecule is NC(=O)C(O)C(O)c1ccc(-c2ccncc2)cc1. The van der Waals surface area contributed by atoms with Gasteiger partial charge in [0.05, 0.1) is 0 Å². The number of carbonyl (C=O) groups is 1. The maximum atomic E-state index is 10.8. The normalized spacial score (nSPS) is 13.8. The molecule has 1 aromatic heterocycles. The summed E-state index contributed by atoms with van der Waals surface area (Å²) >= 11 is 0. The van der Waals surface area contributed by atoms with E-state index >= 15 is 0 Å². The molecule has 0 bridgehead atoms. The van der Waals surface area contributed by atoms with Crippen molar-refractivity contribution in [3.8, 4) is 11.1 Å². The van der Waals surface area contributed by atoms with Crippen LogP contribution in [0.2, 0.25) is 0 Å². The molecule has 2 atom stereocenters. The van der Waals surface area contributed by atoms with Crippen LogP contribution in [-0.2, 0) is 4.79 Å². The number of hydrogen-bond donors (Lipinski definition) is 3. The third-order valence-electron chi connectivity index (χ3n) is 2.86. The molecule has 0 saturated carbocycles. The van der Waals surface area contributed by atoms with E-state index in [1.165, 1.54) is 0 Å².